The molecule has 0 aliphatic carbocycles. The number of rotatable bonds is 3. The average Bonchev–Trinajstić information content (AvgIpc) is 3.52. The molecule has 0 bridgehead atoms. The first kappa shape index (κ1) is 24.5. The van der Waals surface area contributed by atoms with Crippen LogP contribution in [0.25, 0.3) is 5.57 Å². The van der Waals surface area contributed by atoms with Gasteiger partial charge in [-0.15, -0.1) is 43.7 Å². The van der Waals surface area contributed by atoms with Crippen molar-refractivity contribution in [1.29, 1.82) is 0 Å². The van der Waals surface area contributed by atoms with E-state index in [1.54, 1.807) is 0 Å². The van der Waals surface area contributed by atoms with Crippen molar-refractivity contribution in [2.75, 3.05) is 0 Å². The van der Waals surface area contributed by atoms with Gasteiger partial charge >= 0.3 is 0 Å². The molecule has 0 N–H and O–H groups in total. The third kappa shape index (κ3) is 10.0. The van der Waals surface area contributed by atoms with Crippen LogP contribution in [0.4, 0.5) is 0 Å². The van der Waals surface area contributed by atoms with Gasteiger partial charge in [0.15, 0.2) is 0 Å². The van der Waals surface area contributed by atoms with Gasteiger partial charge in [-0.2, -0.15) is 42.0 Å². The second kappa shape index (κ2) is 15.4. The van der Waals surface area contributed by atoms with Crippen molar-refractivity contribution in [3.8, 4) is 0 Å². The van der Waals surface area contributed by atoms with Crippen molar-refractivity contribution in [3.63, 3.8) is 0 Å². The van der Waals surface area contributed by atoms with E-state index >= 15 is 0 Å². The fraction of sp³-hybridized carbons (Fsp3) is 0.0714. The summed E-state index contributed by atoms with van der Waals surface area (Å²) in [6, 6.07) is 40.5. The first-order valence-electron chi connectivity index (χ1n) is 9.40. The molecule has 4 aromatic rings. The molecule has 4 aromatic carbocycles. The van der Waals surface area contributed by atoms with Crippen LogP contribution in [0.15, 0.2) is 127 Å². The summed E-state index contributed by atoms with van der Waals surface area (Å²) in [5.74, 6) is 0. The smallest absolute Gasteiger partial charge is 0 e. The van der Waals surface area contributed by atoms with E-state index in [0.29, 0.717) is 0 Å². The second-order valence-electron chi connectivity index (χ2n) is 6.03. The first-order chi connectivity index (χ1) is 13.8. The zero-order valence-electron chi connectivity index (χ0n) is 17.0. The first-order valence-corrected chi connectivity index (χ1v) is 9.40. The Morgan fingerprint density at radius 3 is 1.48 bits per heavy atom. The van der Waals surface area contributed by atoms with Gasteiger partial charge in [0.05, 0.1) is 0 Å². The Morgan fingerprint density at radius 2 is 1.10 bits per heavy atom. The minimum absolute atomic E-state index is 0. The monoisotopic (exact) mass is 452 g/mol. The van der Waals surface area contributed by atoms with Crippen LogP contribution in [0.3, 0.4) is 0 Å². The predicted molar refractivity (Wildman–Crippen MR) is 121 cm³/mol. The number of benzene rings is 2. The zero-order chi connectivity index (χ0) is 19.9. The molecule has 0 atom stereocenters. The van der Waals surface area contributed by atoms with E-state index in [9.17, 15) is 0 Å². The van der Waals surface area contributed by atoms with Crippen molar-refractivity contribution < 1.29 is 26.2 Å². The van der Waals surface area contributed by atoms with Gasteiger partial charge < -0.3 is 6.08 Å². The standard InChI is InChI=1S/C18H16.2C5H5.Zr/c1-3-15(2)18(17-12-8-5-9-13-17)14-16-10-6-4-7-11-16;2*1-2-4-5-3-1;/h4-13H,1-2H3;2*1-5H;/q-2;2*-1;. The Bertz CT molecular complexity index is 836. The maximum absolute atomic E-state index is 3.46. The van der Waals surface area contributed by atoms with Crippen molar-refractivity contribution in [2.45, 2.75) is 13.8 Å². The van der Waals surface area contributed by atoms with Gasteiger partial charge in [0.1, 0.15) is 0 Å². The molecule has 0 radical (unpaired) electrons. The van der Waals surface area contributed by atoms with Gasteiger partial charge in [0.25, 0.3) is 0 Å². The molecule has 146 valence electrons. The van der Waals surface area contributed by atoms with Crippen molar-refractivity contribution >= 4 is 5.57 Å². The summed E-state index contributed by atoms with van der Waals surface area (Å²) >= 11 is 0. The summed E-state index contributed by atoms with van der Waals surface area (Å²) in [6.45, 7) is 4.00. The van der Waals surface area contributed by atoms with Gasteiger partial charge in [0, 0.05) is 26.2 Å². The van der Waals surface area contributed by atoms with Crippen LogP contribution >= 0.6 is 0 Å². The van der Waals surface area contributed by atoms with Crippen LogP contribution in [-0.2, 0) is 26.2 Å². The molecule has 0 unspecified atom stereocenters. The van der Waals surface area contributed by atoms with E-state index in [-0.39, 0.29) is 26.2 Å². The van der Waals surface area contributed by atoms with Gasteiger partial charge in [-0.1, -0.05) is 36.4 Å². The van der Waals surface area contributed by atoms with Gasteiger partial charge in [-0.3, -0.25) is 11.1 Å². The van der Waals surface area contributed by atoms with Gasteiger partial charge in [0.2, 0.25) is 0 Å². The number of allylic oxidation sites excluding steroid dienone is 3. The Morgan fingerprint density at radius 1 is 0.655 bits per heavy atom. The summed E-state index contributed by atoms with van der Waals surface area (Å²) in [6.07, 6.45) is 6.66. The summed E-state index contributed by atoms with van der Waals surface area (Å²) in [7, 11) is 0. The Balaban J connectivity index is 0.000000311. The molecular formula is C28H26Zr-4. The van der Waals surface area contributed by atoms with Crippen LogP contribution < -0.4 is 0 Å². The Hall–Kier alpha value is -2.50. The molecule has 29 heavy (non-hydrogen) atoms. The molecule has 0 spiro atoms. The van der Waals surface area contributed by atoms with Crippen molar-refractivity contribution in [2.24, 2.45) is 0 Å². The molecule has 0 amide bonds. The minimum Gasteiger partial charge on any atom is -0.316 e. The molecular weight excluding hydrogens is 428 g/mol. The molecule has 0 aliphatic rings. The minimum atomic E-state index is 0. The second-order valence-corrected chi connectivity index (χ2v) is 6.03. The fourth-order valence-electron chi connectivity index (χ4n) is 2.42. The molecule has 0 saturated heterocycles. The molecule has 0 heterocycles. The topological polar surface area (TPSA) is 0 Å². The Labute approximate surface area is 195 Å². The van der Waals surface area contributed by atoms with Crippen molar-refractivity contribution in [1.82, 2.24) is 0 Å². The van der Waals surface area contributed by atoms with E-state index in [2.05, 4.69) is 43.3 Å². The average molecular weight is 454 g/mol. The van der Waals surface area contributed by atoms with E-state index in [4.69, 9.17) is 0 Å². The predicted octanol–water partition coefficient (Wildman–Crippen LogP) is 7.50. The van der Waals surface area contributed by atoms with Crippen LogP contribution in [0.5, 0.6) is 0 Å². The SMILES string of the molecule is C[C-]=C(C)C(=[C-]c1ccccc1)c1ccccc1.[Zr].c1cc[cH-]c1.c1cc[cH-]c1. The molecule has 0 saturated carbocycles. The molecule has 0 nitrogen and oxygen atoms in total. The molecule has 1 heteroatoms. The van der Waals surface area contributed by atoms with Crippen LogP contribution in [0, 0.1) is 12.2 Å². The van der Waals surface area contributed by atoms with Gasteiger partial charge in [-0.05, 0) is 0 Å². The molecule has 0 aromatic heterocycles. The zero-order valence-corrected chi connectivity index (χ0v) is 19.5. The van der Waals surface area contributed by atoms with E-state index in [1.807, 2.05) is 104 Å². The van der Waals surface area contributed by atoms with Crippen LogP contribution in [-0.4, -0.2) is 0 Å². The van der Waals surface area contributed by atoms with Crippen LogP contribution in [0.1, 0.15) is 25.0 Å². The number of hydrogen-bond donors (Lipinski definition) is 0. The molecule has 0 aliphatic heterocycles. The quantitative estimate of drug-likeness (QED) is 0.171. The molecule has 0 fully saturated rings. The summed E-state index contributed by atoms with van der Waals surface area (Å²) in [5, 5.41) is 0. The maximum Gasteiger partial charge on any atom is 0 e. The van der Waals surface area contributed by atoms with E-state index in [0.717, 1.165) is 16.7 Å². The third-order valence-electron chi connectivity index (χ3n) is 3.97. The van der Waals surface area contributed by atoms with Crippen molar-refractivity contribution in [3.05, 3.63) is 150 Å². The summed E-state index contributed by atoms with van der Waals surface area (Å²) in [5.41, 5.74) is 4.48. The Kier molecular flexibility index (Phi) is 13.1. The van der Waals surface area contributed by atoms with E-state index in [1.165, 1.54) is 5.56 Å². The largest absolute Gasteiger partial charge is 0.316 e. The number of hydrogen-bond acceptors (Lipinski definition) is 0. The summed E-state index contributed by atoms with van der Waals surface area (Å²) in [4.78, 5) is 0. The summed E-state index contributed by atoms with van der Waals surface area (Å²) < 4.78 is 0. The van der Waals surface area contributed by atoms with Crippen LogP contribution in [0.2, 0.25) is 0 Å². The van der Waals surface area contributed by atoms with Gasteiger partial charge in [-0.25, -0.2) is 30.3 Å². The maximum atomic E-state index is 3.46. The normalized spacial score (nSPS) is 10.6. The van der Waals surface area contributed by atoms with E-state index < -0.39 is 0 Å². The third-order valence-corrected chi connectivity index (χ3v) is 3.97. The molecule has 4 rings (SSSR count). The fourth-order valence-corrected chi connectivity index (χ4v) is 2.42.